The van der Waals surface area contributed by atoms with Gasteiger partial charge in [-0.05, 0) is 48.7 Å². The highest BCUT2D eigenvalue weighted by Crippen LogP contribution is 2.25. The molecule has 0 radical (unpaired) electrons. The second-order valence-electron chi connectivity index (χ2n) is 8.02. The number of morpholine rings is 1. The normalized spacial score (nSPS) is 19.3. The number of halogens is 1. The van der Waals surface area contributed by atoms with Gasteiger partial charge in [0.25, 0.3) is 5.91 Å². The Morgan fingerprint density at radius 3 is 2.65 bits per heavy atom. The summed E-state index contributed by atoms with van der Waals surface area (Å²) in [6, 6.07) is 14.2. The van der Waals surface area contributed by atoms with E-state index in [0.29, 0.717) is 18.7 Å². The van der Waals surface area contributed by atoms with Crippen molar-refractivity contribution >= 4 is 11.9 Å². The highest BCUT2D eigenvalue weighted by molar-refractivity contribution is 5.94. The fraction of sp³-hybridized carbons (Fsp3) is 0.417. The van der Waals surface area contributed by atoms with E-state index in [9.17, 15) is 9.18 Å². The number of nitrogens with one attached hydrogen (secondary N) is 1. The van der Waals surface area contributed by atoms with Crippen LogP contribution in [0, 0.1) is 5.82 Å². The highest BCUT2D eigenvalue weighted by atomic mass is 19.1. The Labute approximate surface area is 183 Å². The topological polar surface area (TPSA) is 57.2 Å². The first-order valence-corrected chi connectivity index (χ1v) is 10.5. The number of nitrogens with zero attached hydrogens (tertiary/aromatic N) is 3. The number of guanidine groups is 1. The van der Waals surface area contributed by atoms with Crippen LogP contribution in [0.5, 0.6) is 0 Å². The van der Waals surface area contributed by atoms with Gasteiger partial charge in [0, 0.05) is 39.8 Å². The molecule has 6 nitrogen and oxygen atoms in total. The highest BCUT2D eigenvalue weighted by Gasteiger charge is 2.28. The minimum Gasteiger partial charge on any atom is -0.367 e. The van der Waals surface area contributed by atoms with Gasteiger partial charge >= 0.3 is 0 Å². The van der Waals surface area contributed by atoms with Crippen molar-refractivity contribution in [2.45, 2.75) is 25.6 Å². The van der Waals surface area contributed by atoms with Crippen molar-refractivity contribution in [2.75, 3.05) is 40.8 Å². The number of amides is 1. The summed E-state index contributed by atoms with van der Waals surface area (Å²) in [6.07, 6.45) is 0.655. The summed E-state index contributed by atoms with van der Waals surface area (Å²) in [4.78, 5) is 20.4. The molecule has 1 aliphatic rings. The molecule has 166 valence electrons. The zero-order chi connectivity index (χ0) is 22.4. The van der Waals surface area contributed by atoms with Gasteiger partial charge in [0.2, 0.25) is 0 Å². The van der Waals surface area contributed by atoms with Crippen LogP contribution in [0.1, 0.15) is 34.5 Å². The minimum atomic E-state index is -0.252. The molecule has 0 bridgehead atoms. The van der Waals surface area contributed by atoms with E-state index in [0.717, 1.165) is 30.1 Å². The monoisotopic (exact) mass is 426 g/mol. The standard InChI is InChI=1S/C24H31FN4O2/c1-17-15-29(16-22(31-17)19-8-10-21(25)11-9-19)24(26-2)27-13-12-18-6-5-7-20(14-18)23(30)28(3)4/h5-11,14,17,22H,12-13,15-16H2,1-4H3,(H,26,27). The van der Waals surface area contributed by atoms with E-state index in [2.05, 4.69) is 15.2 Å². The van der Waals surface area contributed by atoms with Crippen LogP contribution in [0.2, 0.25) is 0 Å². The SMILES string of the molecule is CN=C(NCCc1cccc(C(=O)N(C)C)c1)N1CC(C)OC(c2ccc(F)cc2)C1. The molecule has 1 fully saturated rings. The van der Waals surface area contributed by atoms with Crippen LogP contribution in [0.25, 0.3) is 0 Å². The summed E-state index contributed by atoms with van der Waals surface area (Å²) >= 11 is 0. The number of hydrogen-bond donors (Lipinski definition) is 1. The predicted octanol–water partition coefficient (Wildman–Crippen LogP) is 3.11. The van der Waals surface area contributed by atoms with Gasteiger partial charge in [0.15, 0.2) is 5.96 Å². The maximum Gasteiger partial charge on any atom is 0.253 e. The molecule has 2 unspecified atom stereocenters. The maximum atomic E-state index is 13.3. The lowest BCUT2D eigenvalue weighted by Gasteiger charge is -2.38. The Balaban J connectivity index is 1.60. The Kier molecular flexibility index (Phi) is 7.63. The molecule has 2 atom stereocenters. The zero-order valence-corrected chi connectivity index (χ0v) is 18.6. The van der Waals surface area contributed by atoms with Crippen molar-refractivity contribution in [2.24, 2.45) is 4.99 Å². The molecule has 1 aliphatic heterocycles. The summed E-state index contributed by atoms with van der Waals surface area (Å²) in [6.45, 7) is 4.09. The molecule has 1 saturated heterocycles. The van der Waals surface area contributed by atoms with E-state index in [4.69, 9.17) is 4.74 Å². The van der Waals surface area contributed by atoms with Gasteiger partial charge in [0.1, 0.15) is 11.9 Å². The summed E-state index contributed by atoms with van der Waals surface area (Å²) in [5, 5.41) is 3.43. The second kappa shape index (κ2) is 10.4. The molecule has 0 aromatic heterocycles. The predicted molar refractivity (Wildman–Crippen MR) is 121 cm³/mol. The van der Waals surface area contributed by atoms with Crippen LogP contribution in [0.4, 0.5) is 4.39 Å². The summed E-state index contributed by atoms with van der Waals surface area (Å²) in [5.74, 6) is 0.556. The van der Waals surface area contributed by atoms with Gasteiger partial charge in [-0.25, -0.2) is 4.39 Å². The molecule has 0 aliphatic carbocycles. The van der Waals surface area contributed by atoms with E-state index in [1.165, 1.54) is 12.1 Å². The number of carbonyl (C=O) groups excluding carboxylic acids is 1. The van der Waals surface area contributed by atoms with E-state index in [-0.39, 0.29) is 23.9 Å². The van der Waals surface area contributed by atoms with Crippen LogP contribution in [-0.2, 0) is 11.2 Å². The molecule has 31 heavy (non-hydrogen) atoms. The Hall–Kier alpha value is -2.93. The first kappa shape index (κ1) is 22.7. The fourth-order valence-corrected chi connectivity index (χ4v) is 3.75. The van der Waals surface area contributed by atoms with Crippen molar-refractivity contribution < 1.29 is 13.9 Å². The van der Waals surface area contributed by atoms with Gasteiger partial charge in [0.05, 0.1) is 12.6 Å². The van der Waals surface area contributed by atoms with E-state index >= 15 is 0 Å². The Morgan fingerprint density at radius 2 is 1.97 bits per heavy atom. The van der Waals surface area contributed by atoms with Crippen LogP contribution >= 0.6 is 0 Å². The van der Waals surface area contributed by atoms with Crippen molar-refractivity contribution in [3.05, 3.63) is 71.0 Å². The molecule has 3 rings (SSSR count). The van der Waals surface area contributed by atoms with Crippen LogP contribution in [0.3, 0.4) is 0 Å². The molecule has 0 spiro atoms. The van der Waals surface area contributed by atoms with Gasteiger partial charge < -0.3 is 19.9 Å². The largest absolute Gasteiger partial charge is 0.367 e. The number of rotatable bonds is 5. The molecule has 2 aromatic rings. The first-order chi connectivity index (χ1) is 14.9. The third-order valence-corrected chi connectivity index (χ3v) is 5.29. The Morgan fingerprint density at radius 1 is 1.23 bits per heavy atom. The lowest BCUT2D eigenvalue weighted by Crippen LogP contribution is -2.51. The lowest BCUT2D eigenvalue weighted by molar-refractivity contribution is -0.0604. The molecule has 1 amide bonds. The van der Waals surface area contributed by atoms with Crippen LogP contribution in [0.15, 0.2) is 53.5 Å². The van der Waals surface area contributed by atoms with E-state index in [1.807, 2.05) is 31.2 Å². The quantitative estimate of drug-likeness (QED) is 0.590. The molecule has 1 heterocycles. The molecule has 0 saturated carbocycles. The van der Waals surface area contributed by atoms with Crippen molar-refractivity contribution in [1.29, 1.82) is 0 Å². The molecule has 7 heteroatoms. The maximum absolute atomic E-state index is 13.3. The van der Waals surface area contributed by atoms with Crippen molar-refractivity contribution in [3.63, 3.8) is 0 Å². The molecular formula is C24H31FN4O2. The average Bonchev–Trinajstić information content (AvgIpc) is 2.76. The summed E-state index contributed by atoms with van der Waals surface area (Å²) in [7, 11) is 5.28. The third kappa shape index (κ3) is 6.04. The van der Waals surface area contributed by atoms with Gasteiger partial charge in [-0.3, -0.25) is 9.79 Å². The van der Waals surface area contributed by atoms with Gasteiger partial charge in [-0.2, -0.15) is 0 Å². The number of benzene rings is 2. The number of aliphatic imine (C=N–C) groups is 1. The molecular weight excluding hydrogens is 395 g/mol. The first-order valence-electron chi connectivity index (χ1n) is 10.5. The fourth-order valence-electron chi connectivity index (χ4n) is 3.75. The van der Waals surface area contributed by atoms with Gasteiger partial charge in [-0.1, -0.05) is 24.3 Å². The third-order valence-electron chi connectivity index (χ3n) is 5.29. The summed E-state index contributed by atoms with van der Waals surface area (Å²) < 4.78 is 19.4. The second-order valence-corrected chi connectivity index (χ2v) is 8.02. The number of hydrogen-bond acceptors (Lipinski definition) is 3. The van der Waals surface area contributed by atoms with Crippen molar-refractivity contribution in [1.82, 2.24) is 15.1 Å². The number of ether oxygens (including phenoxy) is 1. The Bertz CT molecular complexity index is 914. The average molecular weight is 427 g/mol. The molecule has 2 aromatic carbocycles. The van der Waals surface area contributed by atoms with E-state index in [1.54, 1.807) is 38.2 Å². The van der Waals surface area contributed by atoms with E-state index < -0.39 is 0 Å². The van der Waals surface area contributed by atoms with Crippen molar-refractivity contribution in [3.8, 4) is 0 Å². The molecule has 1 N–H and O–H groups in total. The van der Waals surface area contributed by atoms with Crippen LogP contribution < -0.4 is 5.32 Å². The summed E-state index contributed by atoms with van der Waals surface area (Å²) in [5.41, 5.74) is 2.74. The smallest absolute Gasteiger partial charge is 0.253 e. The van der Waals surface area contributed by atoms with Crippen LogP contribution in [-0.4, -0.2) is 68.5 Å². The number of carbonyl (C=O) groups is 1. The minimum absolute atomic E-state index is 0.000224. The lowest BCUT2D eigenvalue weighted by atomic mass is 10.1. The van der Waals surface area contributed by atoms with Gasteiger partial charge in [-0.15, -0.1) is 0 Å². The zero-order valence-electron chi connectivity index (χ0n) is 18.6.